The van der Waals surface area contributed by atoms with Gasteiger partial charge in [-0.25, -0.2) is 4.39 Å². The Labute approximate surface area is 97.4 Å². The number of amides is 1. The van der Waals surface area contributed by atoms with Crippen molar-refractivity contribution in [2.75, 3.05) is 0 Å². The summed E-state index contributed by atoms with van der Waals surface area (Å²) in [5.74, 6) is -0.0292. The number of hydrogen-bond acceptors (Lipinski definition) is 3. The maximum Gasteiger partial charge on any atom is 0.251 e. The SMILES string of the molecule is Cc1cc(C(=O)NCc2ccno2)ccc1F. The highest BCUT2D eigenvalue weighted by Gasteiger charge is 2.08. The number of aromatic nitrogens is 1. The van der Waals surface area contributed by atoms with Crippen molar-refractivity contribution < 1.29 is 13.7 Å². The van der Waals surface area contributed by atoms with Gasteiger partial charge < -0.3 is 9.84 Å². The first kappa shape index (κ1) is 11.3. The van der Waals surface area contributed by atoms with Crippen molar-refractivity contribution in [1.82, 2.24) is 10.5 Å². The van der Waals surface area contributed by atoms with Gasteiger partial charge in [0.05, 0.1) is 12.7 Å². The maximum atomic E-state index is 13.0. The highest BCUT2D eigenvalue weighted by Crippen LogP contribution is 2.09. The monoisotopic (exact) mass is 234 g/mol. The van der Waals surface area contributed by atoms with E-state index in [4.69, 9.17) is 4.52 Å². The van der Waals surface area contributed by atoms with Gasteiger partial charge in [0.15, 0.2) is 5.76 Å². The molecule has 0 aliphatic carbocycles. The largest absolute Gasteiger partial charge is 0.360 e. The van der Waals surface area contributed by atoms with Gasteiger partial charge in [-0.2, -0.15) is 0 Å². The molecule has 0 spiro atoms. The topological polar surface area (TPSA) is 55.1 Å². The van der Waals surface area contributed by atoms with Crippen molar-refractivity contribution in [2.45, 2.75) is 13.5 Å². The maximum absolute atomic E-state index is 13.0. The lowest BCUT2D eigenvalue weighted by Crippen LogP contribution is -2.22. The Balaban J connectivity index is 2.02. The molecule has 0 aliphatic rings. The standard InChI is InChI=1S/C12H11FN2O2/c1-8-6-9(2-3-11(8)13)12(16)14-7-10-4-5-15-17-10/h2-6H,7H2,1H3,(H,14,16). The van der Waals surface area contributed by atoms with Crippen LogP contribution in [-0.4, -0.2) is 11.1 Å². The van der Waals surface area contributed by atoms with Gasteiger partial charge in [-0.05, 0) is 30.7 Å². The third-order valence-electron chi connectivity index (χ3n) is 2.33. The molecule has 88 valence electrons. The van der Waals surface area contributed by atoms with Crippen molar-refractivity contribution in [3.8, 4) is 0 Å². The fourth-order valence-electron chi connectivity index (χ4n) is 1.39. The van der Waals surface area contributed by atoms with E-state index < -0.39 is 0 Å². The van der Waals surface area contributed by atoms with Gasteiger partial charge in [0.1, 0.15) is 5.82 Å². The number of nitrogens with zero attached hydrogens (tertiary/aromatic N) is 1. The van der Waals surface area contributed by atoms with Crippen LogP contribution in [0.25, 0.3) is 0 Å². The Morgan fingerprint density at radius 2 is 2.29 bits per heavy atom. The summed E-state index contributed by atoms with van der Waals surface area (Å²) >= 11 is 0. The van der Waals surface area contributed by atoms with Gasteiger partial charge in [0.25, 0.3) is 5.91 Å². The van der Waals surface area contributed by atoms with E-state index in [1.807, 2.05) is 0 Å². The van der Waals surface area contributed by atoms with Crippen molar-refractivity contribution in [1.29, 1.82) is 0 Å². The van der Waals surface area contributed by atoms with Crippen LogP contribution in [0.15, 0.2) is 35.0 Å². The number of halogens is 1. The minimum Gasteiger partial charge on any atom is -0.360 e. The Morgan fingerprint density at radius 1 is 1.47 bits per heavy atom. The Morgan fingerprint density at radius 3 is 2.94 bits per heavy atom. The molecule has 0 aliphatic heterocycles. The van der Waals surface area contributed by atoms with Crippen LogP contribution < -0.4 is 5.32 Å². The van der Waals surface area contributed by atoms with Crippen LogP contribution >= 0.6 is 0 Å². The predicted molar refractivity (Wildman–Crippen MR) is 58.8 cm³/mol. The van der Waals surface area contributed by atoms with Crippen molar-refractivity contribution in [3.63, 3.8) is 0 Å². The van der Waals surface area contributed by atoms with Gasteiger partial charge in [-0.1, -0.05) is 5.16 Å². The molecule has 0 bridgehead atoms. The molecule has 5 heteroatoms. The minimum atomic E-state index is -0.322. The summed E-state index contributed by atoms with van der Waals surface area (Å²) in [6.45, 7) is 1.87. The first-order valence-electron chi connectivity index (χ1n) is 5.11. The highest BCUT2D eigenvalue weighted by molar-refractivity contribution is 5.94. The van der Waals surface area contributed by atoms with E-state index in [0.29, 0.717) is 16.9 Å². The summed E-state index contributed by atoms with van der Waals surface area (Å²) in [5.41, 5.74) is 0.862. The van der Waals surface area contributed by atoms with E-state index in [2.05, 4.69) is 10.5 Å². The Bertz CT molecular complexity index is 523. The summed E-state index contributed by atoms with van der Waals surface area (Å²) in [7, 11) is 0. The number of aryl methyl sites for hydroxylation is 1. The van der Waals surface area contributed by atoms with E-state index in [1.165, 1.54) is 24.4 Å². The molecule has 0 radical (unpaired) electrons. The van der Waals surface area contributed by atoms with Gasteiger partial charge in [-0.3, -0.25) is 4.79 Å². The summed E-state index contributed by atoms with van der Waals surface area (Å²) in [5, 5.41) is 6.18. The molecule has 2 aromatic rings. The molecule has 17 heavy (non-hydrogen) atoms. The zero-order valence-corrected chi connectivity index (χ0v) is 9.24. The number of rotatable bonds is 3. The van der Waals surface area contributed by atoms with E-state index in [-0.39, 0.29) is 18.3 Å². The normalized spacial score (nSPS) is 10.2. The molecule has 1 N–H and O–H groups in total. The first-order chi connectivity index (χ1) is 8.16. The minimum absolute atomic E-state index is 0.259. The fourth-order valence-corrected chi connectivity index (χ4v) is 1.39. The van der Waals surface area contributed by atoms with Crippen molar-refractivity contribution in [2.24, 2.45) is 0 Å². The Hall–Kier alpha value is -2.17. The summed E-state index contributed by atoms with van der Waals surface area (Å²) in [6, 6.07) is 5.89. The molecule has 2 rings (SSSR count). The fraction of sp³-hybridized carbons (Fsp3) is 0.167. The van der Waals surface area contributed by atoms with Crippen LogP contribution in [0.4, 0.5) is 4.39 Å². The smallest absolute Gasteiger partial charge is 0.251 e. The quantitative estimate of drug-likeness (QED) is 0.884. The number of nitrogens with one attached hydrogen (secondary N) is 1. The summed E-state index contributed by atoms with van der Waals surface area (Å²) < 4.78 is 17.9. The van der Waals surface area contributed by atoms with Gasteiger partial charge >= 0.3 is 0 Å². The van der Waals surface area contributed by atoms with Crippen molar-refractivity contribution >= 4 is 5.91 Å². The average Bonchev–Trinajstić information content (AvgIpc) is 2.82. The first-order valence-corrected chi connectivity index (χ1v) is 5.11. The second-order valence-corrected chi connectivity index (χ2v) is 3.63. The molecule has 1 aromatic carbocycles. The van der Waals surface area contributed by atoms with E-state index in [1.54, 1.807) is 13.0 Å². The zero-order chi connectivity index (χ0) is 12.3. The Kier molecular flexibility index (Phi) is 3.18. The molecule has 0 fully saturated rings. The van der Waals surface area contributed by atoms with Crippen LogP contribution in [0.5, 0.6) is 0 Å². The van der Waals surface area contributed by atoms with Crippen LogP contribution in [0.2, 0.25) is 0 Å². The van der Waals surface area contributed by atoms with E-state index >= 15 is 0 Å². The number of carbonyl (C=O) groups excluding carboxylic acids is 1. The second-order valence-electron chi connectivity index (χ2n) is 3.63. The number of benzene rings is 1. The average molecular weight is 234 g/mol. The third kappa shape index (κ3) is 2.69. The third-order valence-corrected chi connectivity index (χ3v) is 2.33. The molecule has 0 unspecified atom stereocenters. The van der Waals surface area contributed by atoms with Gasteiger partial charge in [0.2, 0.25) is 0 Å². The number of hydrogen-bond donors (Lipinski definition) is 1. The summed E-state index contributed by atoms with van der Waals surface area (Å²) in [6.07, 6.45) is 1.50. The zero-order valence-electron chi connectivity index (χ0n) is 9.24. The second kappa shape index (κ2) is 4.78. The molecule has 1 amide bonds. The van der Waals surface area contributed by atoms with Gasteiger partial charge in [0, 0.05) is 11.6 Å². The summed E-state index contributed by atoms with van der Waals surface area (Å²) in [4.78, 5) is 11.7. The van der Waals surface area contributed by atoms with Crippen LogP contribution in [0, 0.1) is 12.7 Å². The predicted octanol–water partition coefficient (Wildman–Crippen LogP) is 2.05. The van der Waals surface area contributed by atoms with E-state index in [0.717, 1.165) is 0 Å². The number of carbonyl (C=O) groups is 1. The molecular formula is C12H11FN2O2. The molecule has 4 nitrogen and oxygen atoms in total. The molecular weight excluding hydrogens is 223 g/mol. The molecule has 1 aromatic heterocycles. The molecule has 0 atom stereocenters. The molecule has 1 heterocycles. The van der Waals surface area contributed by atoms with Crippen LogP contribution in [0.3, 0.4) is 0 Å². The highest BCUT2D eigenvalue weighted by atomic mass is 19.1. The lowest BCUT2D eigenvalue weighted by Gasteiger charge is -2.04. The molecule has 0 saturated heterocycles. The van der Waals surface area contributed by atoms with Crippen molar-refractivity contribution in [3.05, 3.63) is 53.2 Å². The van der Waals surface area contributed by atoms with E-state index in [9.17, 15) is 9.18 Å². The lowest BCUT2D eigenvalue weighted by atomic mass is 10.1. The van der Waals surface area contributed by atoms with Gasteiger partial charge in [-0.15, -0.1) is 0 Å². The van der Waals surface area contributed by atoms with Crippen LogP contribution in [0.1, 0.15) is 21.7 Å². The molecule has 0 saturated carbocycles. The van der Waals surface area contributed by atoms with Crippen LogP contribution in [-0.2, 0) is 6.54 Å². The lowest BCUT2D eigenvalue weighted by molar-refractivity contribution is 0.0947.